The number of rotatable bonds is 7. The summed E-state index contributed by atoms with van der Waals surface area (Å²) in [5.41, 5.74) is 0.832. The van der Waals surface area contributed by atoms with Crippen LogP contribution in [0, 0.1) is 0 Å². The van der Waals surface area contributed by atoms with Gasteiger partial charge in [0.15, 0.2) is 0 Å². The molecule has 0 saturated carbocycles. The van der Waals surface area contributed by atoms with Crippen molar-refractivity contribution in [3.05, 3.63) is 24.3 Å². The van der Waals surface area contributed by atoms with Crippen LogP contribution < -0.4 is 15.4 Å². The second-order valence-electron chi connectivity index (χ2n) is 4.21. The average Bonchev–Trinajstić information content (AvgIpc) is 2.39. The zero-order chi connectivity index (χ0) is 13.4. The summed E-state index contributed by atoms with van der Waals surface area (Å²) in [5, 5.41) is 6.05. The van der Waals surface area contributed by atoms with Gasteiger partial charge in [-0.25, -0.2) is 0 Å². The lowest BCUT2D eigenvalue weighted by Crippen LogP contribution is -2.38. The summed E-state index contributed by atoms with van der Waals surface area (Å²) in [7, 11) is 1.62. The second kappa shape index (κ2) is 7.58. The lowest BCUT2D eigenvalue weighted by molar-refractivity contribution is -0.121. The molecule has 0 aromatic heterocycles. The van der Waals surface area contributed by atoms with Gasteiger partial charge < -0.3 is 15.4 Å². The molecule has 0 saturated heterocycles. The minimum Gasteiger partial charge on any atom is -0.495 e. The molecule has 0 aliphatic heterocycles. The number of para-hydroxylation sites is 2. The van der Waals surface area contributed by atoms with E-state index in [1.165, 1.54) is 0 Å². The molecule has 4 heteroatoms. The quantitative estimate of drug-likeness (QED) is 0.731. The smallest absolute Gasteiger partial charge is 0.242 e. The van der Waals surface area contributed by atoms with E-state index < -0.39 is 0 Å². The van der Waals surface area contributed by atoms with Crippen molar-refractivity contribution < 1.29 is 9.53 Å². The molecular formula is C14H22N2O2. The predicted molar refractivity (Wildman–Crippen MR) is 74.0 cm³/mol. The Morgan fingerprint density at radius 3 is 2.78 bits per heavy atom. The Morgan fingerprint density at radius 2 is 2.11 bits per heavy atom. The highest BCUT2D eigenvalue weighted by Gasteiger charge is 2.13. The second-order valence-corrected chi connectivity index (χ2v) is 4.21. The van der Waals surface area contributed by atoms with Gasteiger partial charge in [-0.1, -0.05) is 25.5 Å². The maximum Gasteiger partial charge on any atom is 0.242 e. The van der Waals surface area contributed by atoms with Crippen molar-refractivity contribution >= 4 is 11.6 Å². The zero-order valence-electron chi connectivity index (χ0n) is 11.3. The van der Waals surface area contributed by atoms with Crippen LogP contribution in [-0.2, 0) is 4.79 Å². The van der Waals surface area contributed by atoms with Crippen molar-refractivity contribution in [1.82, 2.24) is 5.32 Å². The summed E-state index contributed by atoms with van der Waals surface area (Å²) < 4.78 is 5.23. The number of unbranched alkanes of at least 4 members (excludes halogenated alkanes) is 1. The molecule has 1 atom stereocenters. The number of nitrogens with one attached hydrogen (secondary N) is 2. The third kappa shape index (κ3) is 4.28. The number of hydrogen-bond donors (Lipinski definition) is 2. The monoisotopic (exact) mass is 250 g/mol. The van der Waals surface area contributed by atoms with Crippen LogP contribution in [0.25, 0.3) is 0 Å². The average molecular weight is 250 g/mol. The predicted octanol–water partition coefficient (Wildman–Crippen LogP) is 2.41. The van der Waals surface area contributed by atoms with Gasteiger partial charge in [-0.3, -0.25) is 4.79 Å². The van der Waals surface area contributed by atoms with E-state index in [0.717, 1.165) is 30.8 Å². The third-order valence-electron chi connectivity index (χ3n) is 2.70. The van der Waals surface area contributed by atoms with Gasteiger partial charge in [0.25, 0.3) is 0 Å². The number of amides is 1. The zero-order valence-corrected chi connectivity index (χ0v) is 11.3. The maximum atomic E-state index is 11.8. The molecule has 1 aromatic carbocycles. The first kappa shape index (κ1) is 14.4. The fourth-order valence-corrected chi connectivity index (χ4v) is 1.60. The van der Waals surface area contributed by atoms with Crippen LogP contribution in [0.2, 0.25) is 0 Å². The first-order chi connectivity index (χ1) is 8.69. The molecule has 0 aliphatic rings. The lowest BCUT2D eigenvalue weighted by Gasteiger charge is -2.17. The summed E-state index contributed by atoms with van der Waals surface area (Å²) in [5.74, 6) is 0.750. The number of benzene rings is 1. The third-order valence-corrected chi connectivity index (χ3v) is 2.70. The van der Waals surface area contributed by atoms with E-state index in [4.69, 9.17) is 4.74 Å². The highest BCUT2D eigenvalue weighted by Crippen LogP contribution is 2.23. The Morgan fingerprint density at radius 1 is 1.39 bits per heavy atom. The Labute approximate surface area is 109 Å². The number of methoxy groups -OCH3 is 1. The van der Waals surface area contributed by atoms with Crippen LogP contribution in [0.1, 0.15) is 26.7 Å². The van der Waals surface area contributed by atoms with Gasteiger partial charge in [-0.15, -0.1) is 0 Å². The van der Waals surface area contributed by atoms with Crippen molar-refractivity contribution in [3.8, 4) is 5.75 Å². The van der Waals surface area contributed by atoms with Crippen LogP contribution in [0.3, 0.4) is 0 Å². The summed E-state index contributed by atoms with van der Waals surface area (Å²) in [4.78, 5) is 11.8. The summed E-state index contributed by atoms with van der Waals surface area (Å²) >= 11 is 0. The molecule has 0 radical (unpaired) electrons. The van der Waals surface area contributed by atoms with Crippen molar-refractivity contribution in [2.75, 3.05) is 19.0 Å². The number of carbonyl (C=O) groups excluding carboxylic acids is 1. The van der Waals surface area contributed by atoms with Crippen molar-refractivity contribution in [2.45, 2.75) is 32.7 Å². The summed E-state index contributed by atoms with van der Waals surface area (Å²) in [6.07, 6.45) is 2.09. The van der Waals surface area contributed by atoms with Crippen LogP contribution in [0.15, 0.2) is 24.3 Å². The first-order valence-electron chi connectivity index (χ1n) is 6.36. The Bertz CT molecular complexity index is 380. The number of carbonyl (C=O) groups is 1. The summed E-state index contributed by atoms with van der Waals surface area (Å²) in [6, 6.07) is 7.29. The molecule has 1 unspecified atom stereocenters. The van der Waals surface area contributed by atoms with Crippen LogP contribution in [0.5, 0.6) is 5.75 Å². The van der Waals surface area contributed by atoms with E-state index in [-0.39, 0.29) is 11.9 Å². The molecule has 0 spiro atoms. The topological polar surface area (TPSA) is 50.4 Å². The molecule has 1 rings (SSSR count). The van der Waals surface area contributed by atoms with E-state index in [0.29, 0.717) is 0 Å². The summed E-state index contributed by atoms with van der Waals surface area (Å²) in [6.45, 7) is 4.67. The van der Waals surface area contributed by atoms with E-state index in [9.17, 15) is 4.79 Å². The first-order valence-corrected chi connectivity index (χ1v) is 6.36. The Kier molecular flexibility index (Phi) is 6.05. The lowest BCUT2D eigenvalue weighted by atomic mass is 10.2. The van der Waals surface area contributed by atoms with Crippen molar-refractivity contribution in [1.29, 1.82) is 0 Å². The van der Waals surface area contributed by atoms with Gasteiger partial charge in [-0.2, -0.15) is 0 Å². The van der Waals surface area contributed by atoms with E-state index in [1.807, 2.05) is 31.2 Å². The maximum absolute atomic E-state index is 11.8. The van der Waals surface area contributed by atoms with Gasteiger partial charge >= 0.3 is 0 Å². The number of ether oxygens (including phenoxy) is 1. The SMILES string of the molecule is CCCCNC(=O)C(C)Nc1ccccc1OC. The number of hydrogen-bond acceptors (Lipinski definition) is 3. The minimum atomic E-state index is -0.279. The minimum absolute atomic E-state index is 0.00866. The molecule has 4 nitrogen and oxygen atoms in total. The van der Waals surface area contributed by atoms with Gasteiger partial charge in [0.2, 0.25) is 5.91 Å². The van der Waals surface area contributed by atoms with Crippen molar-refractivity contribution in [2.24, 2.45) is 0 Å². The standard InChI is InChI=1S/C14H22N2O2/c1-4-5-10-15-14(17)11(2)16-12-8-6-7-9-13(12)18-3/h6-9,11,16H,4-5,10H2,1-3H3,(H,15,17). The van der Waals surface area contributed by atoms with Crippen LogP contribution >= 0.6 is 0 Å². The van der Waals surface area contributed by atoms with E-state index in [1.54, 1.807) is 7.11 Å². The molecule has 1 aromatic rings. The van der Waals surface area contributed by atoms with Gasteiger partial charge in [0.1, 0.15) is 11.8 Å². The molecule has 1 amide bonds. The fraction of sp³-hybridized carbons (Fsp3) is 0.500. The molecule has 18 heavy (non-hydrogen) atoms. The van der Waals surface area contributed by atoms with Gasteiger partial charge in [0, 0.05) is 6.54 Å². The number of anilines is 1. The van der Waals surface area contributed by atoms with Gasteiger partial charge in [-0.05, 0) is 25.5 Å². The molecule has 0 fully saturated rings. The van der Waals surface area contributed by atoms with Crippen LogP contribution in [-0.4, -0.2) is 25.6 Å². The Balaban J connectivity index is 2.52. The molecule has 0 heterocycles. The van der Waals surface area contributed by atoms with Crippen LogP contribution in [0.4, 0.5) is 5.69 Å². The largest absolute Gasteiger partial charge is 0.495 e. The van der Waals surface area contributed by atoms with E-state index >= 15 is 0 Å². The van der Waals surface area contributed by atoms with E-state index in [2.05, 4.69) is 17.6 Å². The Hall–Kier alpha value is -1.71. The van der Waals surface area contributed by atoms with Gasteiger partial charge in [0.05, 0.1) is 12.8 Å². The molecule has 0 bridgehead atoms. The normalized spacial score (nSPS) is 11.7. The molecule has 0 aliphatic carbocycles. The van der Waals surface area contributed by atoms with Crippen molar-refractivity contribution in [3.63, 3.8) is 0 Å². The highest BCUT2D eigenvalue weighted by molar-refractivity contribution is 5.84. The molecule has 100 valence electrons. The molecule has 2 N–H and O–H groups in total. The molecular weight excluding hydrogens is 228 g/mol. The fourth-order valence-electron chi connectivity index (χ4n) is 1.60. The highest BCUT2D eigenvalue weighted by atomic mass is 16.5.